The molecule has 0 amide bonds. The minimum absolute atomic E-state index is 0.0738. The van der Waals surface area contributed by atoms with Crippen molar-refractivity contribution in [3.63, 3.8) is 0 Å². The lowest BCUT2D eigenvalue weighted by atomic mass is 10.0. The summed E-state index contributed by atoms with van der Waals surface area (Å²) in [5.41, 5.74) is 0. The Balaban J connectivity index is 4.06. The smallest absolute Gasteiger partial charge is 0.306 e. The van der Waals surface area contributed by atoms with Gasteiger partial charge in [-0.3, -0.25) is 14.4 Å². The molecule has 350 valence electrons. The number of hydrogen-bond donors (Lipinski definition) is 0. The predicted molar refractivity (Wildman–Crippen MR) is 256 cm³/mol. The zero-order valence-electron chi connectivity index (χ0n) is 40.0. The summed E-state index contributed by atoms with van der Waals surface area (Å²) in [6, 6.07) is 0. The van der Waals surface area contributed by atoms with Gasteiger partial charge in [-0.25, -0.2) is 0 Å². The van der Waals surface area contributed by atoms with Crippen molar-refractivity contribution in [2.24, 2.45) is 0 Å². The lowest BCUT2D eigenvalue weighted by Gasteiger charge is -2.18. The highest BCUT2D eigenvalue weighted by atomic mass is 16.6. The number of hydrogen-bond acceptors (Lipinski definition) is 6. The highest BCUT2D eigenvalue weighted by Gasteiger charge is 2.19. The van der Waals surface area contributed by atoms with Crippen LogP contribution in [0.5, 0.6) is 0 Å². The number of unbranched alkanes of at least 4 members (excludes halogenated alkanes) is 30. The molecular formula is C54H98O6. The summed E-state index contributed by atoms with van der Waals surface area (Å²) in [6.45, 7) is 6.53. The Hall–Kier alpha value is -2.37. The van der Waals surface area contributed by atoms with E-state index in [2.05, 4.69) is 57.2 Å². The molecule has 0 aromatic carbocycles. The number of carbonyl (C=O) groups excluding carboxylic acids is 3. The van der Waals surface area contributed by atoms with Gasteiger partial charge in [-0.05, 0) is 70.6 Å². The van der Waals surface area contributed by atoms with E-state index in [4.69, 9.17) is 14.2 Å². The normalized spacial score (nSPS) is 12.2. The highest BCUT2D eigenvalue weighted by Crippen LogP contribution is 2.15. The van der Waals surface area contributed by atoms with Crippen LogP contribution in [0.15, 0.2) is 36.5 Å². The van der Waals surface area contributed by atoms with Crippen LogP contribution in [0, 0.1) is 0 Å². The number of carbonyl (C=O) groups is 3. The van der Waals surface area contributed by atoms with Gasteiger partial charge in [-0.15, -0.1) is 0 Å². The second-order valence-corrected chi connectivity index (χ2v) is 17.4. The van der Waals surface area contributed by atoms with E-state index in [9.17, 15) is 14.4 Å². The van der Waals surface area contributed by atoms with Crippen LogP contribution in [-0.4, -0.2) is 37.2 Å². The fraction of sp³-hybridized carbons (Fsp3) is 0.833. The zero-order valence-corrected chi connectivity index (χ0v) is 40.0. The Morgan fingerprint density at radius 2 is 0.633 bits per heavy atom. The quantitative estimate of drug-likeness (QED) is 0.0263. The number of allylic oxidation sites excluding steroid dienone is 6. The van der Waals surface area contributed by atoms with E-state index in [-0.39, 0.29) is 31.1 Å². The third-order valence-electron chi connectivity index (χ3n) is 11.3. The Morgan fingerprint density at radius 1 is 0.333 bits per heavy atom. The van der Waals surface area contributed by atoms with Gasteiger partial charge >= 0.3 is 17.9 Å². The Morgan fingerprint density at radius 3 is 1.00 bits per heavy atom. The molecule has 0 aliphatic rings. The molecule has 6 heteroatoms. The van der Waals surface area contributed by atoms with Crippen LogP contribution < -0.4 is 0 Å². The molecule has 60 heavy (non-hydrogen) atoms. The Kier molecular flexibility index (Phi) is 47.3. The minimum Gasteiger partial charge on any atom is -0.462 e. The van der Waals surface area contributed by atoms with Crippen molar-refractivity contribution in [2.75, 3.05) is 13.2 Å². The second kappa shape index (κ2) is 49.3. The van der Waals surface area contributed by atoms with Crippen molar-refractivity contribution in [3.8, 4) is 0 Å². The number of rotatable bonds is 47. The largest absolute Gasteiger partial charge is 0.462 e. The van der Waals surface area contributed by atoms with Crippen LogP contribution in [0.25, 0.3) is 0 Å². The van der Waals surface area contributed by atoms with Crippen LogP contribution >= 0.6 is 0 Å². The van der Waals surface area contributed by atoms with E-state index < -0.39 is 6.10 Å². The molecule has 0 rings (SSSR count). The molecule has 0 aliphatic carbocycles. The second-order valence-electron chi connectivity index (χ2n) is 17.4. The van der Waals surface area contributed by atoms with Crippen molar-refractivity contribution in [1.82, 2.24) is 0 Å². The summed E-state index contributed by atoms with van der Waals surface area (Å²) in [6.07, 6.45) is 57.3. The average Bonchev–Trinajstić information content (AvgIpc) is 3.24. The third kappa shape index (κ3) is 46.7. The van der Waals surface area contributed by atoms with Gasteiger partial charge in [0.15, 0.2) is 6.10 Å². The van der Waals surface area contributed by atoms with E-state index in [1.165, 1.54) is 148 Å². The predicted octanol–water partition coefficient (Wildman–Crippen LogP) is 16.9. The molecule has 0 saturated carbocycles. The lowest BCUT2D eigenvalue weighted by Crippen LogP contribution is -2.30. The zero-order chi connectivity index (χ0) is 43.7. The first-order valence-electron chi connectivity index (χ1n) is 26.0. The van der Waals surface area contributed by atoms with Crippen molar-refractivity contribution in [3.05, 3.63) is 36.5 Å². The molecule has 1 unspecified atom stereocenters. The van der Waals surface area contributed by atoms with Crippen LogP contribution in [0.3, 0.4) is 0 Å². The molecule has 0 radical (unpaired) electrons. The van der Waals surface area contributed by atoms with Gasteiger partial charge in [0.2, 0.25) is 0 Å². The van der Waals surface area contributed by atoms with Crippen molar-refractivity contribution < 1.29 is 28.6 Å². The molecular weight excluding hydrogens is 745 g/mol. The van der Waals surface area contributed by atoms with E-state index in [1.54, 1.807) is 0 Å². The molecule has 0 N–H and O–H groups in total. The topological polar surface area (TPSA) is 78.9 Å². The first-order valence-corrected chi connectivity index (χ1v) is 26.0. The molecule has 1 atom stereocenters. The van der Waals surface area contributed by atoms with Crippen LogP contribution in [0.4, 0.5) is 0 Å². The molecule has 0 aromatic rings. The maximum absolute atomic E-state index is 12.7. The fourth-order valence-electron chi connectivity index (χ4n) is 7.42. The van der Waals surface area contributed by atoms with Gasteiger partial charge in [-0.1, -0.05) is 218 Å². The standard InChI is InChI=1S/C54H98O6/c1-4-7-10-13-16-18-20-21-22-23-24-25-26-27-28-29-30-31-32-33-34-36-38-41-44-47-53(56)59-50-51(49-58-52(55)46-43-40-37-15-12-9-6-3)60-54(57)48-45-42-39-35-19-17-14-11-8-5-2/h11,14,20-21,23-24,51H,4-10,12-13,15-19,22,25-50H2,1-3H3/b14-11-,21-20-,24-23-. The average molecular weight is 843 g/mol. The maximum Gasteiger partial charge on any atom is 0.306 e. The van der Waals surface area contributed by atoms with Gasteiger partial charge < -0.3 is 14.2 Å². The molecule has 0 saturated heterocycles. The van der Waals surface area contributed by atoms with Gasteiger partial charge in [0.25, 0.3) is 0 Å². The van der Waals surface area contributed by atoms with Crippen molar-refractivity contribution in [2.45, 2.75) is 277 Å². The summed E-state index contributed by atoms with van der Waals surface area (Å²) >= 11 is 0. The van der Waals surface area contributed by atoms with Gasteiger partial charge in [0.1, 0.15) is 13.2 Å². The fourth-order valence-corrected chi connectivity index (χ4v) is 7.42. The molecule has 0 spiro atoms. The summed E-state index contributed by atoms with van der Waals surface area (Å²) in [5, 5.41) is 0. The van der Waals surface area contributed by atoms with Crippen molar-refractivity contribution in [1.29, 1.82) is 0 Å². The van der Waals surface area contributed by atoms with E-state index in [0.29, 0.717) is 19.3 Å². The molecule has 0 aromatic heterocycles. The van der Waals surface area contributed by atoms with E-state index >= 15 is 0 Å². The number of ether oxygens (including phenoxy) is 3. The lowest BCUT2D eigenvalue weighted by molar-refractivity contribution is -0.167. The molecule has 0 heterocycles. The Bertz CT molecular complexity index is 1020. The number of esters is 3. The van der Waals surface area contributed by atoms with Crippen molar-refractivity contribution >= 4 is 17.9 Å². The molecule has 0 fully saturated rings. The summed E-state index contributed by atoms with van der Waals surface area (Å²) in [5.74, 6) is -0.886. The SMILES string of the molecule is CCC/C=C\CCCCCCCC(=O)OC(COC(=O)CCCCCCCCC)COC(=O)CCCCCCCCCCCCCCC/C=C\C/C=C\CCCCCCC. The summed E-state index contributed by atoms with van der Waals surface area (Å²) in [4.78, 5) is 37.7. The minimum atomic E-state index is -0.770. The maximum atomic E-state index is 12.7. The van der Waals surface area contributed by atoms with E-state index in [1.807, 2.05) is 0 Å². The molecule has 6 nitrogen and oxygen atoms in total. The summed E-state index contributed by atoms with van der Waals surface area (Å²) in [7, 11) is 0. The van der Waals surface area contributed by atoms with Gasteiger partial charge in [0, 0.05) is 19.3 Å². The summed E-state index contributed by atoms with van der Waals surface area (Å²) < 4.78 is 16.7. The Labute approximate surface area is 372 Å². The van der Waals surface area contributed by atoms with Crippen LogP contribution in [0.2, 0.25) is 0 Å². The van der Waals surface area contributed by atoms with E-state index in [0.717, 1.165) is 83.5 Å². The van der Waals surface area contributed by atoms with Gasteiger partial charge in [-0.2, -0.15) is 0 Å². The first kappa shape index (κ1) is 57.6. The third-order valence-corrected chi connectivity index (χ3v) is 11.3. The monoisotopic (exact) mass is 843 g/mol. The molecule has 0 aliphatic heterocycles. The first-order chi connectivity index (χ1) is 29.5. The highest BCUT2D eigenvalue weighted by molar-refractivity contribution is 5.71. The van der Waals surface area contributed by atoms with Gasteiger partial charge in [0.05, 0.1) is 0 Å². The van der Waals surface area contributed by atoms with Crippen LogP contribution in [0.1, 0.15) is 271 Å². The van der Waals surface area contributed by atoms with Crippen LogP contribution in [-0.2, 0) is 28.6 Å². The molecule has 0 bridgehead atoms.